The zero-order valence-corrected chi connectivity index (χ0v) is 16.8. The Kier molecular flexibility index (Phi) is 5.53. The van der Waals surface area contributed by atoms with Crippen LogP contribution in [0.25, 0.3) is 10.8 Å². The Hall–Kier alpha value is -2.15. The van der Waals surface area contributed by atoms with E-state index in [1.54, 1.807) is 30.5 Å². The fourth-order valence-electron chi connectivity index (χ4n) is 3.52. The van der Waals surface area contributed by atoms with E-state index in [-0.39, 0.29) is 12.1 Å². The highest BCUT2D eigenvalue weighted by Crippen LogP contribution is 2.25. The monoisotopic (exact) mass is 416 g/mol. The van der Waals surface area contributed by atoms with Crippen LogP contribution in [0.2, 0.25) is 5.02 Å². The van der Waals surface area contributed by atoms with Gasteiger partial charge in [0.15, 0.2) is 0 Å². The molecule has 0 atom stereocenters. The Morgan fingerprint density at radius 2 is 1.71 bits per heavy atom. The van der Waals surface area contributed by atoms with Crippen molar-refractivity contribution in [2.75, 3.05) is 0 Å². The van der Waals surface area contributed by atoms with Gasteiger partial charge in [-0.3, -0.25) is 0 Å². The maximum absolute atomic E-state index is 12.8. The number of nitrogens with zero attached hydrogens (tertiary/aromatic N) is 1. The first-order valence-corrected chi connectivity index (χ1v) is 11.1. The van der Waals surface area contributed by atoms with Crippen molar-refractivity contribution in [3.63, 3.8) is 0 Å². The second kappa shape index (κ2) is 8.07. The molecular weight excluding hydrogens is 396 g/mol. The van der Waals surface area contributed by atoms with E-state index >= 15 is 0 Å². The average Bonchev–Trinajstić information content (AvgIpc) is 2.70. The normalized spacial score (nSPS) is 20.2. The third kappa shape index (κ3) is 4.46. The molecule has 1 aliphatic carbocycles. The van der Waals surface area contributed by atoms with Crippen LogP contribution < -0.4 is 9.46 Å². The molecule has 1 saturated carbocycles. The van der Waals surface area contributed by atoms with Crippen LogP contribution in [0.4, 0.5) is 0 Å². The molecule has 1 heterocycles. The topological polar surface area (TPSA) is 68.3 Å². The van der Waals surface area contributed by atoms with Gasteiger partial charge in [-0.25, -0.2) is 18.1 Å². The van der Waals surface area contributed by atoms with Crippen LogP contribution in [0.3, 0.4) is 0 Å². The van der Waals surface area contributed by atoms with Crippen molar-refractivity contribution < 1.29 is 13.2 Å². The van der Waals surface area contributed by atoms with Crippen molar-refractivity contribution in [2.24, 2.45) is 0 Å². The predicted molar refractivity (Wildman–Crippen MR) is 110 cm³/mol. The Labute approximate surface area is 169 Å². The van der Waals surface area contributed by atoms with Gasteiger partial charge in [-0.2, -0.15) is 0 Å². The molecule has 146 valence electrons. The number of aromatic nitrogens is 1. The van der Waals surface area contributed by atoms with Crippen molar-refractivity contribution in [3.8, 4) is 5.88 Å². The maximum Gasteiger partial charge on any atom is 0.240 e. The Balaban J connectivity index is 1.37. The summed E-state index contributed by atoms with van der Waals surface area (Å²) in [5.41, 5.74) is 0. The molecule has 0 saturated heterocycles. The number of nitrogens with one attached hydrogen (secondary N) is 1. The number of halogens is 1. The Morgan fingerprint density at radius 1 is 0.964 bits per heavy atom. The molecule has 1 fully saturated rings. The van der Waals surface area contributed by atoms with E-state index in [0.29, 0.717) is 15.8 Å². The summed E-state index contributed by atoms with van der Waals surface area (Å²) in [6, 6.07) is 16.4. The van der Waals surface area contributed by atoms with E-state index < -0.39 is 10.0 Å². The molecule has 3 aromatic rings. The molecule has 1 aliphatic rings. The van der Waals surface area contributed by atoms with Gasteiger partial charge in [-0.05, 0) is 54.7 Å². The highest BCUT2D eigenvalue weighted by atomic mass is 35.5. The van der Waals surface area contributed by atoms with Gasteiger partial charge in [-0.1, -0.05) is 41.9 Å². The molecule has 0 radical (unpaired) electrons. The number of sulfonamides is 1. The number of pyridine rings is 1. The van der Waals surface area contributed by atoms with Gasteiger partial charge >= 0.3 is 0 Å². The maximum atomic E-state index is 12.8. The van der Waals surface area contributed by atoms with Crippen molar-refractivity contribution >= 4 is 32.4 Å². The van der Waals surface area contributed by atoms with E-state index in [1.165, 1.54) is 0 Å². The minimum atomic E-state index is -3.55. The summed E-state index contributed by atoms with van der Waals surface area (Å²) in [5.74, 6) is 0.546. The fraction of sp³-hybridized carbons (Fsp3) is 0.286. The summed E-state index contributed by atoms with van der Waals surface area (Å²) < 4.78 is 34.3. The summed E-state index contributed by atoms with van der Waals surface area (Å²) in [6.45, 7) is 0. The lowest BCUT2D eigenvalue weighted by Crippen LogP contribution is -2.39. The fourth-order valence-corrected chi connectivity index (χ4v) is 4.97. The molecule has 0 amide bonds. The first kappa shape index (κ1) is 19.2. The Bertz CT molecular complexity index is 1060. The first-order chi connectivity index (χ1) is 13.5. The van der Waals surface area contributed by atoms with Crippen LogP contribution in [-0.4, -0.2) is 25.5 Å². The van der Waals surface area contributed by atoms with Crippen molar-refractivity contribution in [1.29, 1.82) is 0 Å². The minimum absolute atomic E-state index is 0.0371. The van der Waals surface area contributed by atoms with Gasteiger partial charge in [0, 0.05) is 18.3 Å². The zero-order chi connectivity index (χ0) is 19.6. The van der Waals surface area contributed by atoms with Gasteiger partial charge in [-0.15, -0.1) is 0 Å². The van der Waals surface area contributed by atoms with Crippen LogP contribution in [0.1, 0.15) is 25.7 Å². The number of ether oxygens (including phenoxy) is 1. The third-order valence-corrected chi connectivity index (χ3v) is 6.76. The quantitative estimate of drug-likeness (QED) is 0.662. The molecule has 0 aliphatic heterocycles. The SMILES string of the molecule is O=S(=O)(NC1CCC(Oc2ccc(Cl)cn2)CC1)c1ccc2ccccc2c1. The lowest BCUT2D eigenvalue weighted by atomic mass is 9.94. The number of fused-ring (bicyclic) bond motifs is 1. The molecule has 0 bridgehead atoms. The minimum Gasteiger partial charge on any atom is -0.474 e. The highest BCUT2D eigenvalue weighted by molar-refractivity contribution is 7.89. The second-order valence-corrected chi connectivity index (χ2v) is 9.19. The number of hydrogen-bond donors (Lipinski definition) is 1. The van der Waals surface area contributed by atoms with Crippen molar-refractivity contribution in [1.82, 2.24) is 9.71 Å². The van der Waals surface area contributed by atoms with Gasteiger partial charge in [0.25, 0.3) is 0 Å². The van der Waals surface area contributed by atoms with Gasteiger partial charge in [0.05, 0.1) is 9.92 Å². The molecular formula is C21H21ClN2O3S. The summed E-state index contributed by atoms with van der Waals surface area (Å²) in [6.07, 6.45) is 4.59. The summed E-state index contributed by atoms with van der Waals surface area (Å²) in [4.78, 5) is 4.45. The largest absolute Gasteiger partial charge is 0.474 e. The van der Waals surface area contributed by atoms with Gasteiger partial charge < -0.3 is 4.74 Å². The molecule has 1 N–H and O–H groups in total. The molecule has 7 heteroatoms. The molecule has 28 heavy (non-hydrogen) atoms. The lowest BCUT2D eigenvalue weighted by Gasteiger charge is -2.29. The van der Waals surface area contributed by atoms with Crippen LogP contribution in [0.15, 0.2) is 65.7 Å². The van der Waals surface area contributed by atoms with Crippen LogP contribution in [0, 0.1) is 0 Å². The first-order valence-electron chi connectivity index (χ1n) is 9.29. The number of rotatable bonds is 5. The molecule has 4 rings (SSSR count). The van der Waals surface area contributed by atoms with Crippen molar-refractivity contribution in [2.45, 2.75) is 42.7 Å². The van der Waals surface area contributed by atoms with Crippen molar-refractivity contribution in [3.05, 3.63) is 65.8 Å². The van der Waals surface area contributed by atoms with E-state index in [4.69, 9.17) is 16.3 Å². The predicted octanol–water partition coefficient (Wildman–Crippen LogP) is 4.56. The highest BCUT2D eigenvalue weighted by Gasteiger charge is 2.27. The standard InChI is InChI=1S/C21H21ClN2O3S/c22-17-6-12-21(23-14-17)27-19-9-7-18(8-10-19)24-28(25,26)20-11-5-15-3-1-2-4-16(15)13-20/h1-6,11-14,18-19,24H,7-10H2. The zero-order valence-electron chi connectivity index (χ0n) is 15.2. The summed E-state index contributed by atoms with van der Waals surface area (Å²) >= 11 is 5.83. The average molecular weight is 417 g/mol. The van der Waals surface area contributed by atoms with Crippen LogP contribution >= 0.6 is 11.6 Å². The van der Waals surface area contributed by atoms with Gasteiger partial charge in [0.1, 0.15) is 6.10 Å². The van der Waals surface area contributed by atoms with Gasteiger partial charge in [0.2, 0.25) is 15.9 Å². The van der Waals surface area contributed by atoms with E-state index in [1.807, 2.05) is 30.3 Å². The van der Waals surface area contributed by atoms with E-state index in [2.05, 4.69) is 9.71 Å². The lowest BCUT2D eigenvalue weighted by molar-refractivity contribution is 0.138. The second-order valence-electron chi connectivity index (χ2n) is 7.04. The number of benzene rings is 2. The molecule has 2 aromatic carbocycles. The molecule has 0 spiro atoms. The molecule has 0 unspecified atom stereocenters. The van der Waals surface area contributed by atoms with E-state index in [0.717, 1.165) is 36.5 Å². The molecule has 5 nitrogen and oxygen atoms in total. The number of hydrogen-bond acceptors (Lipinski definition) is 4. The Morgan fingerprint density at radius 3 is 2.43 bits per heavy atom. The third-order valence-electron chi connectivity index (χ3n) is 5.01. The smallest absolute Gasteiger partial charge is 0.240 e. The summed E-state index contributed by atoms with van der Waals surface area (Å²) in [7, 11) is -3.55. The van der Waals surface area contributed by atoms with Crippen LogP contribution in [0.5, 0.6) is 5.88 Å². The summed E-state index contributed by atoms with van der Waals surface area (Å²) in [5, 5.41) is 2.51. The van der Waals surface area contributed by atoms with Crippen LogP contribution in [-0.2, 0) is 10.0 Å². The molecule has 1 aromatic heterocycles. The van der Waals surface area contributed by atoms with E-state index in [9.17, 15) is 8.42 Å².